The lowest BCUT2D eigenvalue weighted by molar-refractivity contribution is -0.128. The molecular weight excluding hydrogens is 408 g/mol. The highest BCUT2D eigenvalue weighted by molar-refractivity contribution is 9.10. The summed E-state index contributed by atoms with van der Waals surface area (Å²) in [5, 5.41) is 3.41. The van der Waals surface area contributed by atoms with E-state index in [1.54, 1.807) is 0 Å². The van der Waals surface area contributed by atoms with Gasteiger partial charge in [-0.25, -0.2) is 4.72 Å². The van der Waals surface area contributed by atoms with Crippen LogP contribution in [0.4, 0.5) is 0 Å². The molecule has 2 bridgehead atoms. The highest BCUT2D eigenvalue weighted by atomic mass is 79.9. The molecular formula is C21H31BrN2OS. The van der Waals surface area contributed by atoms with Gasteiger partial charge < -0.3 is 5.32 Å². The van der Waals surface area contributed by atoms with E-state index in [9.17, 15) is 4.79 Å². The summed E-state index contributed by atoms with van der Waals surface area (Å²) >= 11 is 5.00. The molecule has 2 aliphatic carbocycles. The van der Waals surface area contributed by atoms with E-state index in [0.29, 0.717) is 17.9 Å². The van der Waals surface area contributed by atoms with Crippen LogP contribution in [0, 0.1) is 23.7 Å². The van der Waals surface area contributed by atoms with E-state index in [4.69, 9.17) is 0 Å². The molecule has 1 amide bonds. The van der Waals surface area contributed by atoms with Crippen molar-refractivity contribution in [2.45, 2.75) is 69.9 Å². The number of carbonyl (C=O) groups excluding carboxylic acids is 1. The largest absolute Gasteiger partial charge is 0.351 e. The van der Waals surface area contributed by atoms with Crippen molar-refractivity contribution in [3.63, 3.8) is 0 Å². The van der Waals surface area contributed by atoms with Crippen LogP contribution in [-0.2, 0) is 4.79 Å². The third-order valence-corrected chi connectivity index (χ3v) is 7.58. The Balaban J connectivity index is 1.60. The lowest BCUT2D eigenvalue weighted by atomic mass is 9.63. The Hall–Kier alpha value is -0.520. The summed E-state index contributed by atoms with van der Waals surface area (Å²) in [5.41, 5.74) is -0.621. The second-order valence-electron chi connectivity index (χ2n) is 8.94. The number of halogens is 1. The normalized spacial score (nSPS) is 31.5. The smallest absolute Gasteiger partial charge is 0.240 e. The van der Waals surface area contributed by atoms with Gasteiger partial charge in [0, 0.05) is 15.4 Å². The van der Waals surface area contributed by atoms with Gasteiger partial charge in [-0.15, -0.1) is 0 Å². The number of fused-ring (bicyclic) bond motifs is 2. The number of rotatable bonds is 5. The molecule has 2 aliphatic rings. The second kappa shape index (κ2) is 8.24. The molecule has 5 atom stereocenters. The van der Waals surface area contributed by atoms with Crippen LogP contribution in [0.2, 0.25) is 0 Å². The van der Waals surface area contributed by atoms with Gasteiger partial charge in [0.1, 0.15) is 5.54 Å². The van der Waals surface area contributed by atoms with Crippen molar-refractivity contribution in [2.24, 2.45) is 23.7 Å². The third-order valence-electron chi connectivity index (χ3n) is 5.99. The number of amides is 1. The van der Waals surface area contributed by atoms with Crippen LogP contribution in [-0.4, -0.2) is 17.5 Å². The lowest BCUT2D eigenvalue weighted by Crippen LogP contribution is -2.58. The van der Waals surface area contributed by atoms with Gasteiger partial charge in [-0.1, -0.05) is 35.8 Å². The van der Waals surface area contributed by atoms with E-state index in [2.05, 4.69) is 45.9 Å². The van der Waals surface area contributed by atoms with Crippen molar-refractivity contribution in [2.75, 3.05) is 0 Å². The van der Waals surface area contributed by atoms with Crippen LogP contribution < -0.4 is 10.0 Å². The lowest BCUT2D eigenvalue weighted by Gasteiger charge is -2.47. The van der Waals surface area contributed by atoms with Gasteiger partial charge >= 0.3 is 0 Å². The molecule has 3 rings (SSSR count). The minimum absolute atomic E-state index is 0.105. The number of carbonyl (C=O) groups is 1. The Morgan fingerprint density at radius 2 is 1.96 bits per heavy atom. The van der Waals surface area contributed by atoms with Crippen LogP contribution in [0.5, 0.6) is 0 Å². The third kappa shape index (κ3) is 4.85. The Morgan fingerprint density at radius 1 is 1.19 bits per heavy atom. The van der Waals surface area contributed by atoms with Crippen LogP contribution in [0.3, 0.4) is 0 Å². The van der Waals surface area contributed by atoms with Gasteiger partial charge in [0.2, 0.25) is 5.91 Å². The standard InChI is InChI=1S/C21H31BrN2OS/c1-13-8-15-10-14(2)19(16(9-13)11-15)23-20(25)21(3,4)24-26-18-7-5-6-17(22)12-18/h5-7,12-16,19,24H,8-11H2,1-4H3,(H,23,25). The van der Waals surface area contributed by atoms with E-state index in [1.807, 2.05) is 32.0 Å². The molecule has 3 nitrogen and oxygen atoms in total. The van der Waals surface area contributed by atoms with Crippen LogP contribution in [0.1, 0.15) is 53.4 Å². The maximum Gasteiger partial charge on any atom is 0.240 e. The first-order valence-electron chi connectivity index (χ1n) is 9.75. The maximum absolute atomic E-state index is 13.0. The van der Waals surface area contributed by atoms with Crippen LogP contribution >= 0.6 is 27.9 Å². The molecule has 144 valence electrons. The molecule has 0 aliphatic heterocycles. The van der Waals surface area contributed by atoms with Gasteiger partial charge in [0.05, 0.1) is 0 Å². The molecule has 0 heterocycles. The zero-order valence-electron chi connectivity index (χ0n) is 16.2. The number of benzene rings is 1. The van der Waals surface area contributed by atoms with Crippen molar-refractivity contribution in [3.05, 3.63) is 28.7 Å². The van der Waals surface area contributed by atoms with Crippen molar-refractivity contribution >= 4 is 33.8 Å². The van der Waals surface area contributed by atoms with E-state index < -0.39 is 5.54 Å². The van der Waals surface area contributed by atoms with Gasteiger partial charge in [0.15, 0.2) is 0 Å². The molecule has 2 fully saturated rings. The Bertz CT molecular complexity index is 647. The number of hydrogen-bond donors (Lipinski definition) is 2. The fraction of sp³-hybridized carbons (Fsp3) is 0.667. The predicted octanol–water partition coefficient (Wildman–Crippen LogP) is 5.40. The summed E-state index contributed by atoms with van der Waals surface area (Å²) in [6.07, 6.45) is 5.18. The van der Waals surface area contributed by atoms with Crippen molar-refractivity contribution in [3.8, 4) is 0 Å². The average molecular weight is 439 g/mol. The Kier molecular flexibility index (Phi) is 6.41. The predicted molar refractivity (Wildman–Crippen MR) is 113 cm³/mol. The molecule has 0 spiro atoms. The van der Waals surface area contributed by atoms with Crippen molar-refractivity contribution in [1.82, 2.24) is 10.0 Å². The van der Waals surface area contributed by atoms with Crippen LogP contribution in [0.15, 0.2) is 33.6 Å². The minimum Gasteiger partial charge on any atom is -0.351 e. The van der Waals surface area contributed by atoms with E-state index in [-0.39, 0.29) is 5.91 Å². The number of hydrogen-bond acceptors (Lipinski definition) is 3. The quantitative estimate of drug-likeness (QED) is 0.604. The van der Waals surface area contributed by atoms with E-state index in [0.717, 1.165) is 21.2 Å². The van der Waals surface area contributed by atoms with Crippen molar-refractivity contribution in [1.29, 1.82) is 0 Å². The highest BCUT2D eigenvalue weighted by Crippen LogP contribution is 2.44. The van der Waals surface area contributed by atoms with E-state index in [1.165, 1.54) is 37.6 Å². The molecule has 0 radical (unpaired) electrons. The molecule has 2 N–H and O–H groups in total. The summed E-state index contributed by atoms with van der Waals surface area (Å²) in [6, 6.07) is 8.43. The Morgan fingerprint density at radius 3 is 2.69 bits per heavy atom. The summed E-state index contributed by atoms with van der Waals surface area (Å²) in [7, 11) is 0. The van der Waals surface area contributed by atoms with Crippen LogP contribution in [0.25, 0.3) is 0 Å². The first-order valence-corrected chi connectivity index (χ1v) is 11.4. The summed E-state index contributed by atoms with van der Waals surface area (Å²) in [5.74, 6) is 2.98. The van der Waals surface area contributed by atoms with Gasteiger partial charge in [-0.05, 0) is 93.3 Å². The van der Waals surface area contributed by atoms with Crippen molar-refractivity contribution < 1.29 is 4.79 Å². The van der Waals surface area contributed by atoms with Gasteiger partial charge in [0.25, 0.3) is 0 Å². The van der Waals surface area contributed by atoms with Gasteiger partial charge in [-0.2, -0.15) is 0 Å². The molecule has 1 aromatic rings. The first kappa shape index (κ1) is 20.2. The summed E-state index contributed by atoms with van der Waals surface area (Å²) < 4.78 is 4.40. The monoisotopic (exact) mass is 438 g/mol. The molecule has 2 saturated carbocycles. The fourth-order valence-electron chi connectivity index (χ4n) is 4.78. The molecule has 5 unspecified atom stereocenters. The zero-order chi connectivity index (χ0) is 18.9. The topological polar surface area (TPSA) is 41.1 Å². The molecule has 1 aromatic carbocycles. The summed E-state index contributed by atoms with van der Waals surface area (Å²) in [6.45, 7) is 8.62. The molecule has 0 saturated heterocycles. The Labute approximate surface area is 170 Å². The van der Waals surface area contributed by atoms with E-state index >= 15 is 0 Å². The SMILES string of the molecule is CC1CC2CC(C)C(NC(=O)C(C)(C)NSc3cccc(Br)c3)C(C1)C2. The maximum atomic E-state index is 13.0. The number of nitrogens with one attached hydrogen (secondary N) is 2. The second-order valence-corrected chi connectivity index (χ2v) is 10.7. The molecule has 0 aromatic heterocycles. The first-order chi connectivity index (χ1) is 12.2. The fourth-order valence-corrected chi connectivity index (χ4v) is 6.13. The minimum atomic E-state index is -0.621. The molecule has 5 heteroatoms. The molecule has 26 heavy (non-hydrogen) atoms. The van der Waals surface area contributed by atoms with Gasteiger partial charge in [-0.3, -0.25) is 4.79 Å². The highest BCUT2D eigenvalue weighted by Gasteiger charge is 2.42. The summed E-state index contributed by atoms with van der Waals surface area (Å²) in [4.78, 5) is 14.1. The average Bonchev–Trinajstić information content (AvgIpc) is 2.56. The zero-order valence-corrected chi connectivity index (χ0v) is 18.6.